The summed E-state index contributed by atoms with van der Waals surface area (Å²) in [5.74, 6) is 2.27. The minimum absolute atomic E-state index is 0.0116. The third-order valence-electron chi connectivity index (χ3n) is 4.16. The van der Waals surface area contributed by atoms with Crippen LogP contribution in [0, 0.1) is 6.92 Å². The van der Waals surface area contributed by atoms with E-state index in [1.807, 2.05) is 61.5 Å². The fraction of sp³-hybridized carbons (Fsp3) is 0.286. The van der Waals surface area contributed by atoms with Crippen LogP contribution in [0.4, 0.5) is 0 Å². The number of aromatic nitrogens is 2. The SMILES string of the molecule is Cc1ccccc1OCc1nc(CCN(C)C(=O)COc2ccccc2)no1. The molecule has 7 heteroatoms. The van der Waals surface area contributed by atoms with E-state index in [1.54, 1.807) is 11.9 Å². The van der Waals surface area contributed by atoms with Gasteiger partial charge in [0.2, 0.25) is 0 Å². The summed E-state index contributed by atoms with van der Waals surface area (Å²) in [5, 5.41) is 3.94. The minimum atomic E-state index is -0.115. The summed E-state index contributed by atoms with van der Waals surface area (Å²) in [6.45, 7) is 2.64. The van der Waals surface area contributed by atoms with Crippen molar-refractivity contribution in [1.82, 2.24) is 15.0 Å². The molecule has 0 spiro atoms. The van der Waals surface area contributed by atoms with Crippen molar-refractivity contribution >= 4 is 5.91 Å². The smallest absolute Gasteiger partial charge is 0.264 e. The molecule has 3 aromatic rings. The fourth-order valence-electron chi connectivity index (χ4n) is 2.47. The quantitative estimate of drug-likeness (QED) is 0.567. The summed E-state index contributed by atoms with van der Waals surface area (Å²) in [7, 11) is 1.72. The number of likely N-dealkylation sites (N-methyl/N-ethyl adjacent to an activating group) is 1. The van der Waals surface area contributed by atoms with Crippen molar-refractivity contribution in [1.29, 1.82) is 0 Å². The molecule has 3 rings (SSSR count). The van der Waals surface area contributed by atoms with Crippen molar-refractivity contribution in [3.63, 3.8) is 0 Å². The van der Waals surface area contributed by atoms with Crippen LogP contribution >= 0.6 is 0 Å². The molecule has 0 unspecified atom stereocenters. The van der Waals surface area contributed by atoms with Crippen LogP contribution in [-0.2, 0) is 17.8 Å². The largest absolute Gasteiger partial charge is 0.484 e. The first-order valence-corrected chi connectivity index (χ1v) is 9.03. The van der Waals surface area contributed by atoms with Crippen molar-refractivity contribution in [2.24, 2.45) is 0 Å². The lowest BCUT2D eigenvalue weighted by Gasteiger charge is -2.16. The van der Waals surface area contributed by atoms with Gasteiger partial charge in [0.15, 0.2) is 19.0 Å². The summed E-state index contributed by atoms with van der Waals surface area (Å²) >= 11 is 0. The molecule has 0 saturated heterocycles. The lowest BCUT2D eigenvalue weighted by Crippen LogP contribution is -2.33. The van der Waals surface area contributed by atoms with Crippen LogP contribution in [0.5, 0.6) is 11.5 Å². The number of nitrogens with zero attached hydrogens (tertiary/aromatic N) is 3. The van der Waals surface area contributed by atoms with Gasteiger partial charge in [0.1, 0.15) is 11.5 Å². The van der Waals surface area contributed by atoms with E-state index in [1.165, 1.54) is 0 Å². The van der Waals surface area contributed by atoms with Crippen molar-refractivity contribution < 1.29 is 18.8 Å². The van der Waals surface area contributed by atoms with E-state index in [0.29, 0.717) is 30.4 Å². The highest BCUT2D eigenvalue weighted by Crippen LogP contribution is 2.17. The number of hydrogen-bond acceptors (Lipinski definition) is 6. The predicted octanol–water partition coefficient (Wildman–Crippen LogP) is 3.04. The molecule has 0 saturated carbocycles. The Morgan fingerprint density at radius 2 is 1.82 bits per heavy atom. The van der Waals surface area contributed by atoms with Crippen molar-refractivity contribution in [2.45, 2.75) is 20.0 Å². The number of hydrogen-bond donors (Lipinski definition) is 0. The molecule has 7 nitrogen and oxygen atoms in total. The van der Waals surface area contributed by atoms with E-state index in [0.717, 1.165) is 11.3 Å². The van der Waals surface area contributed by atoms with Crippen LogP contribution in [-0.4, -0.2) is 41.1 Å². The molecule has 2 aromatic carbocycles. The second-order valence-electron chi connectivity index (χ2n) is 6.33. The van der Waals surface area contributed by atoms with Gasteiger partial charge in [-0.25, -0.2) is 0 Å². The standard InChI is InChI=1S/C21H23N3O4/c1-16-8-6-7-11-18(16)27-14-20-22-19(23-28-20)12-13-24(2)21(25)15-26-17-9-4-3-5-10-17/h3-11H,12-15H2,1-2H3. The van der Waals surface area contributed by atoms with Crippen LogP contribution in [0.25, 0.3) is 0 Å². The zero-order valence-corrected chi connectivity index (χ0v) is 16.0. The van der Waals surface area contributed by atoms with E-state index >= 15 is 0 Å². The van der Waals surface area contributed by atoms with Gasteiger partial charge in [-0.2, -0.15) is 4.98 Å². The van der Waals surface area contributed by atoms with Crippen molar-refractivity contribution in [3.05, 3.63) is 71.9 Å². The fourth-order valence-corrected chi connectivity index (χ4v) is 2.47. The maximum atomic E-state index is 12.2. The first-order valence-electron chi connectivity index (χ1n) is 9.03. The van der Waals surface area contributed by atoms with Crippen molar-refractivity contribution in [2.75, 3.05) is 20.2 Å². The molecule has 0 aliphatic heterocycles. The number of rotatable bonds is 9. The summed E-state index contributed by atoms with van der Waals surface area (Å²) in [4.78, 5) is 18.0. The molecule has 0 fully saturated rings. The monoisotopic (exact) mass is 381 g/mol. The molecule has 146 valence electrons. The van der Waals surface area contributed by atoms with Gasteiger partial charge in [0.25, 0.3) is 11.8 Å². The molecule has 0 atom stereocenters. The Labute approximate surface area is 163 Å². The van der Waals surface area contributed by atoms with Gasteiger partial charge < -0.3 is 18.9 Å². The first kappa shape index (κ1) is 19.4. The van der Waals surface area contributed by atoms with Gasteiger partial charge in [-0.05, 0) is 30.7 Å². The number of aryl methyl sites for hydroxylation is 1. The van der Waals surface area contributed by atoms with Gasteiger partial charge >= 0.3 is 0 Å². The lowest BCUT2D eigenvalue weighted by atomic mass is 10.2. The molecule has 1 aromatic heterocycles. The van der Waals surface area contributed by atoms with Crippen LogP contribution in [0.3, 0.4) is 0 Å². The minimum Gasteiger partial charge on any atom is -0.484 e. The molecule has 0 radical (unpaired) electrons. The normalized spacial score (nSPS) is 10.5. The Morgan fingerprint density at radius 1 is 1.07 bits per heavy atom. The first-order chi connectivity index (χ1) is 13.6. The molecule has 1 amide bonds. The average molecular weight is 381 g/mol. The predicted molar refractivity (Wildman–Crippen MR) is 103 cm³/mol. The highest BCUT2D eigenvalue weighted by Gasteiger charge is 2.13. The van der Waals surface area contributed by atoms with E-state index in [9.17, 15) is 4.79 Å². The van der Waals surface area contributed by atoms with Gasteiger partial charge in [-0.1, -0.05) is 41.6 Å². The Balaban J connectivity index is 1.42. The van der Waals surface area contributed by atoms with Crippen LogP contribution in [0.15, 0.2) is 59.1 Å². The second kappa shape index (κ2) is 9.55. The highest BCUT2D eigenvalue weighted by molar-refractivity contribution is 5.77. The number of benzene rings is 2. The molecular weight excluding hydrogens is 358 g/mol. The average Bonchev–Trinajstić information content (AvgIpc) is 3.18. The van der Waals surface area contributed by atoms with E-state index in [4.69, 9.17) is 14.0 Å². The Morgan fingerprint density at radius 3 is 2.61 bits per heavy atom. The molecule has 1 heterocycles. The van der Waals surface area contributed by atoms with Gasteiger partial charge in [0, 0.05) is 20.0 Å². The van der Waals surface area contributed by atoms with Gasteiger partial charge in [-0.3, -0.25) is 4.79 Å². The van der Waals surface area contributed by atoms with Crippen LogP contribution in [0.2, 0.25) is 0 Å². The Kier molecular flexibility index (Phi) is 6.62. The Bertz CT molecular complexity index is 895. The molecule has 28 heavy (non-hydrogen) atoms. The second-order valence-corrected chi connectivity index (χ2v) is 6.33. The van der Waals surface area contributed by atoms with E-state index in [2.05, 4.69) is 10.1 Å². The molecular formula is C21H23N3O4. The summed E-state index contributed by atoms with van der Waals surface area (Å²) in [6.07, 6.45) is 0.488. The summed E-state index contributed by atoms with van der Waals surface area (Å²) < 4.78 is 16.4. The van der Waals surface area contributed by atoms with Gasteiger partial charge in [0.05, 0.1) is 0 Å². The summed E-state index contributed by atoms with van der Waals surface area (Å²) in [5.41, 5.74) is 1.04. The number of carbonyl (C=O) groups excluding carboxylic acids is 1. The lowest BCUT2D eigenvalue weighted by molar-refractivity contribution is -0.132. The highest BCUT2D eigenvalue weighted by atomic mass is 16.5. The van der Waals surface area contributed by atoms with Gasteiger partial charge in [-0.15, -0.1) is 0 Å². The van der Waals surface area contributed by atoms with Crippen LogP contribution < -0.4 is 9.47 Å². The third kappa shape index (κ3) is 5.57. The number of amides is 1. The zero-order chi connectivity index (χ0) is 19.8. The number of carbonyl (C=O) groups is 1. The summed E-state index contributed by atoms with van der Waals surface area (Å²) in [6, 6.07) is 17.0. The van der Waals surface area contributed by atoms with Crippen LogP contribution in [0.1, 0.15) is 17.3 Å². The number of ether oxygens (including phenoxy) is 2. The Hall–Kier alpha value is -3.35. The third-order valence-corrected chi connectivity index (χ3v) is 4.16. The molecule has 0 N–H and O–H groups in total. The van der Waals surface area contributed by atoms with E-state index < -0.39 is 0 Å². The molecule has 0 bridgehead atoms. The number of para-hydroxylation sites is 2. The molecule has 0 aliphatic carbocycles. The maximum Gasteiger partial charge on any atom is 0.264 e. The topological polar surface area (TPSA) is 77.7 Å². The van der Waals surface area contributed by atoms with Crippen molar-refractivity contribution in [3.8, 4) is 11.5 Å². The molecule has 0 aliphatic rings. The van der Waals surface area contributed by atoms with E-state index in [-0.39, 0.29) is 19.1 Å². The maximum absolute atomic E-state index is 12.2. The zero-order valence-electron chi connectivity index (χ0n) is 16.0.